The van der Waals surface area contributed by atoms with Gasteiger partial charge in [0.2, 0.25) is 0 Å². The van der Waals surface area contributed by atoms with Gasteiger partial charge >= 0.3 is 0 Å². The van der Waals surface area contributed by atoms with E-state index in [1.54, 1.807) is 16.8 Å². The number of nitrogens with one attached hydrogen (secondary N) is 3. The van der Waals surface area contributed by atoms with Crippen molar-refractivity contribution in [2.24, 2.45) is 7.05 Å². The van der Waals surface area contributed by atoms with Crippen LogP contribution in [0.15, 0.2) is 42.7 Å². The molecule has 4 aromatic rings. The second-order valence-corrected chi connectivity index (χ2v) is 8.03. The van der Waals surface area contributed by atoms with Crippen LogP contribution in [0.25, 0.3) is 11.0 Å². The van der Waals surface area contributed by atoms with Gasteiger partial charge in [0.15, 0.2) is 0 Å². The standard InChI is InChI=1S/C22H21ClN6O/c1-29-12-13(9-25-29)2-5-20-27-19-8-16(23)7-18(21(19)28-20)22(30)26-17-4-3-14-10-24-11-15(14)6-17/h3-4,6-9,12,24H,2,5,10-11H2,1H3,(H,26,30)(H,27,28). The molecule has 0 atom stereocenters. The summed E-state index contributed by atoms with van der Waals surface area (Å²) in [6, 6.07) is 9.45. The smallest absolute Gasteiger partial charge is 0.257 e. The zero-order valence-corrected chi connectivity index (χ0v) is 17.3. The maximum atomic E-state index is 13.0. The number of carbonyl (C=O) groups is 1. The van der Waals surface area contributed by atoms with Crippen LogP contribution in [0, 0.1) is 0 Å². The highest BCUT2D eigenvalue weighted by molar-refractivity contribution is 6.32. The molecule has 0 saturated heterocycles. The van der Waals surface area contributed by atoms with Crippen LogP contribution < -0.4 is 10.6 Å². The molecule has 2 aromatic heterocycles. The Morgan fingerprint density at radius 3 is 2.90 bits per heavy atom. The number of hydrogen-bond donors (Lipinski definition) is 3. The predicted octanol–water partition coefficient (Wildman–Crippen LogP) is 3.59. The molecular weight excluding hydrogens is 400 g/mol. The quantitative estimate of drug-likeness (QED) is 0.460. The van der Waals surface area contributed by atoms with Crippen LogP contribution in [0.1, 0.15) is 32.9 Å². The molecule has 0 saturated carbocycles. The number of fused-ring (bicyclic) bond motifs is 2. The Labute approximate surface area is 178 Å². The summed E-state index contributed by atoms with van der Waals surface area (Å²) in [5.41, 5.74) is 6.22. The Morgan fingerprint density at radius 1 is 1.20 bits per heavy atom. The number of anilines is 1. The third kappa shape index (κ3) is 3.69. The molecule has 0 bridgehead atoms. The molecule has 1 amide bonds. The molecule has 3 heterocycles. The van der Waals surface area contributed by atoms with Gasteiger partial charge in [-0.3, -0.25) is 9.48 Å². The van der Waals surface area contributed by atoms with Gasteiger partial charge in [-0.05, 0) is 47.4 Å². The second kappa shape index (κ2) is 7.59. The van der Waals surface area contributed by atoms with E-state index < -0.39 is 0 Å². The van der Waals surface area contributed by atoms with Crippen LogP contribution in [0.5, 0.6) is 0 Å². The molecular formula is C22H21ClN6O. The van der Waals surface area contributed by atoms with Crippen LogP contribution in [0.3, 0.4) is 0 Å². The minimum Gasteiger partial charge on any atom is -0.342 e. The summed E-state index contributed by atoms with van der Waals surface area (Å²) in [4.78, 5) is 21.0. The molecule has 30 heavy (non-hydrogen) atoms. The van der Waals surface area contributed by atoms with Gasteiger partial charge in [0.05, 0.1) is 17.3 Å². The van der Waals surface area contributed by atoms with E-state index in [0.29, 0.717) is 16.1 Å². The molecule has 152 valence electrons. The zero-order valence-electron chi connectivity index (χ0n) is 16.5. The number of aromatic nitrogens is 4. The summed E-state index contributed by atoms with van der Waals surface area (Å²) in [6.07, 6.45) is 5.37. The van der Waals surface area contributed by atoms with Crippen molar-refractivity contribution in [3.8, 4) is 0 Å². The first kappa shape index (κ1) is 18.8. The number of halogens is 1. The molecule has 0 spiro atoms. The number of benzene rings is 2. The maximum absolute atomic E-state index is 13.0. The van der Waals surface area contributed by atoms with Gasteiger partial charge in [-0.25, -0.2) is 4.98 Å². The van der Waals surface area contributed by atoms with E-state index in [-0.39, 0.29) is 5.91 Å². The summed E-state index contributed by atoms with van der Waals surface area (Å²) in [7, 11) is 1.90. The molecule has 8 heteroatoms. The molecule has 0 aliphatic carbocycles. The van der Waals surface area contributed by atoms with Crippen LogP contribution in [0.2, 0.25) is 5.02 Å². The van der Waals surface area contributed by atoms with E-state index in [2.05, 4.69) is 25.7 Å². The van der Waals surface area contributed by atoms with Gasteiger partial charge in [-0.15, -0.1) is 0 Å². The molecule has 1 aliphatic rings. The topological polar surface area (TPSA) is 87.6 Å². The lowest BCUT2D eigenvalue weighted by Gasteiger charge is -2.08. The van der Waals surface area contributed by atoms with Gasteiger partial charge in [-0.1, -0.05) is 17.7 Å². The van der Waals surface area contributed by atoms with Crippen LogP contribution >= 0.6 is 11.6 Å². The molecule has 0 unspecified atom stereocenters. The number of rotatable bonds is 5. The van der Waals surface area contributed by atoms with Crippen molar-refractivity contribution in [2.75, 3.05) is 5.32 Å². The lowest BCUT2D eigenvalue weighted by molar-refractivity contribution is 0.102. The first-order valence-electron chi connectivity index (χ1n) is 9.85. The maximum Gasteiger partial charge on any atom is 0.257 e. The van der Waals surface area contributed by atoms with Crippen molar-refractivity contribution in [1.82, 2.24) is 25.1 Å². The minimum atomic E-state index is -0.223. The Kier molecular flexibility index (Phi) is 4.77. The molecule has 2 aromatic carbocycles. The monoisotopic (exact) mass is 420 g/mol. The van der Waals surface area contributed by atoms with Gasteiger partial charge in [0.25, 0.3) is 5.91 Å². The van der Waals surface area contributed by atoms with E-state index in [9.17, 15) is 4.79 Å². The normalized spacial score (nSPS) is 13.0. The van der Waals surface area contributed by atoms with Gasteiger partial charge in [0, 0.05) is 43.5 Å². The third-order valence-electron chi connectivity index (χ3n) is 5.35. The number of H-pyrrole nitrogens is 1. The molecule has 3 N–H and O–H groups in total. The van der Waals surface area contributed by atoms with Crippen molar-refractivity contribution in [3.05, 3.63) is 75.8 Å². The molecule has 5 rings (SSSR count). The van der Waals surface area contributed by atoms with E-state index >= 15 is 0 Å². The molecule has 1 aliphatic heterocycles. The second-order valence-electron chi connectivity index (χ2n) is 7.60. The lowest BCUT2D eigenvalue weighted by Crippen LogP contribution is -2.13. The number of carbonyl (C=O) groups excluding carboxylic acids is 1. The number of aryl methyl sites for hydroxylation is 3. The third-order valence-corrected chi connectivity index (χ3v) is 5.57. The summed E-state index contributed by atoms with van der Waals surface area (Å²) >= 11 is 6.29. The number of hydrogen-bond acceptors (Lipinski definition) is 4. The van der Waals surface area contributed by atoms with Crippen LogP contribution in [0.4, 0.5) is 5.69 Å². The predicted molar refractivity (Wildman–Crippen MR) is 117 cm³/mol. The fraction of sp³-hybridized carbons (Fsp3) is 0.227. The number of amides is 1. The number of imidazole rings is 1. The fourth-order valence-electron chi connectivity index (χ4n) is 3.86. The first-order chi connectivity index (χ1) is 14.5. The molecule has 7 nitrogen and oxygen atoms in total. The van der Waals surface area contributed by atoms with E-state index in [1.807, 2.05) is 37.6 Å². The Balaban J connectivity index is 1.40. The van der Waals surface area contributed by atoms with Crippen molar-refractivity contribution in [3.63, 3.8) is 0 Å². The number of nitrogens with zero attached hydrogens (tertiary/aromatic N) is 3. The van der Waals surface area contributed by atoms with Crippen molar-refractivity contribution in [2.45, 2.75) is 25.9 Å². The van der Waals surface area contributed by atoms with Gasteiger partial charge in [0.1, 0.15) is 11.3 Å². The van der Waals surface area contributed by atoms with Gasteiger partial charge < -0.3 is 15.6 Å². The SMILES string of the molecule is Cn1cc(CCc2nc3c(C(=O)Nc4ccc5c(c4)CNC5)cc(Cl)cc3[nH]2)cn1. The number of aromatic amines is 1. The largest absolute Gasteiger partial charge is 0.342 e. The van der Waals surface area contributed by atoms with E-state index in [4.69, 9.17) is 11.6 Å². The highest BCUT2D eigenvalue weighted by Gasteiger charge is 2.17. The highest BCUT2D eigenvalue weighted by Crippen LogP contribution is 2.25. The van der Waals surface area contributed by atoms with E-state index in [0.717, 1.165) is 48.5 Å². The Morgan fingerprint density at radius 2 is 2.07 bits per heavy atom. The lowest BCUT2D eigenvalue weighted by atomic mass is 10.1. The van der Waals surface area contributed by atoms with E-state index in [1.165, 1.54) is 11.1 Å². The average Bonchev–Trinajstić information content (AvgIpc) is 3.44. The summed E-state index contributed by atoms with van der Waals surface area (Å²) in [5.74, 6) is 0.590. The summed E-state index contributed by atoms with van der Waals surface area (Å²) < 4.78 is 1.78. The summed E-state index contributed by atoms with van der Waals surface area (Å²) in [6.45, 7) is 1.69. The molecule has 0 radical (unpaired) electrons. The van der Waals surface area contributed by atoms with Crippen LogP contribution in [-0.2, 0) is 33.0 Å². The Hall–Kier alpha value is -3.16. The highest BCUT2D eigenvalue weighted by atomic mass is 35.5. The Bertz CT molecular complexity index is 1260. The minimum absolute atomic E-state index is 0.223. The van der Waals surface area contributed by atoms with Crippen molar-refractivity contribution >= 4 is 34.2 Å². The first-order valence-corrected chi connectivity index (χ1v) is 10.2. The van der Waals surface area contributed by atoms with Crippen molar-refractivity contribution in [1.29, 1.82) is 0 Å². The molecule has 0 fully saturated rings. The zero-order chi connectivity index (χ0) is 20.7. The van der Waals surface area contributed by atoms with Gasteiger partial charge in [-0.2, -0.15) is 5.10 Å². The fourth-order valence-corrected chi connectivity index (χ4v) is 4.08. The van der Waals surface area contributed by atoms with Crippen molar-refractivity contribution < 1.29 is 4.79 Å². The van der Waals surface area contributed by atoms with Crippen LogP contribution in [-0.4, -0.2) is 25.7 Å². The average molecular weight is 421 g/mol. The summed E-state index contributed by atoms with van der Waals surface area (Å²) in [5, 5.41) is 11.0.